The van der Waals surface area contributed by atoms with Crippen LogP contribution in [0.1, 0.15) is 19.2 Å². The van der Waals surface area contributed by atoms with E-state index in [1.54, 1.807) is 11.5 Å². The van der Waals surface area contributed by atoms with Crippen LogP contribution >= 0.6 is 0 Å². The smallest absolute Gasteiger partial charge is 0.323 e. The molecule has 118 valence electrons. The Morgan fingerprint density at radius 2 is 2.29 bits per heavy atom. The number of imidazole rings is 1. The molecule has 1 atom stereocenters. The van der Waals surface area contributed by atoms with Crippen LogP contribution in [0, 0.1) is 6.92 Å². The number of rotatable bonds is 5. The number of aryl methyl sites for hydroxylation is 2. The van der Waals surface area contributed by atoms with Crippen molar-refractivity contribution in [2.24, 2.45) is 0 Å². The van der Waals surface area contributed by atoms with Crippen molar-refractivity contribution in [1.82, 2.24) is 19.2 Å². The van der Waals surface area contributed by atoms with E-state index in [2.05, 4.69) is 10.3 Å². The molecule has 2 rings (SSSR count). The van der Waals surface area contributed by atoms with Gasteiger partial charge in [-0.15, -0.1) is 0 Å². The minimum atomic E-state index is -3.90. The van der Waals surface area contributed by atoms with E-state index in [1.807, 2.05) is 6.92 Å². The van der Waals surface area contributed by atoms with E-state index in [1.165, 1.54) is 6.20 Å². The average Bonchev–Trinajstić information content (AvgIpc) is 2.81. The van der Waals surface area contributed by atoms with Crippen molar-refractivity contribution in [3.05, 3.63) is 12.0 Å². The third kappa shape index (κ3) is 3.09. The summed E-state index contributed by atoms with van der Waals surface area (Å²) in [4.78, 5) is 15.3. The van der Waals surface area contributed by atoms with Gasteiger partial charge in [-0.1, -0.05) is 6.92 Å². The number of carbonyl (C=O) groups is 1. The molecule has 1 aromatic rings. The molecule has 1 saturated heterocycles. The summed E-state index contributed by atoms with van der Waals surface area (Å²) in [6, 6.07) is -1.10. The molecule has 2 heterocycles. The van der Waals surface area contributed by atoms with Crippen LogP contribution in [0.15, 0.2) is 11.2 Å². The van der Waals surface area contributed by atoms with E-state index >= 15 is 0 Å². The SMILES string of the molecule is CCCn1cc(S(=O)(=O)N2CCNCC2C(=O)O)nc1C. The summed E-state index contributed by atoms with van der Waals surface area (Å²) in [5.74, 6) is -0.548. The molecular weight excluding hydrogens is 296 g/mol. The molecule has 2 N–H and O–H groups in total. The van der Waals surface area contributed by atoms with Gasteiger partial charge >= 0.3 is 5.97 Å². The van der Waals surface area contributed by atoms with Crippen LogP contribution in [0.4, 0.5) is 0 Å². The van der Waals surface area contributed by atoms with Crippen LogP contribution in [-0.2, 0) is 21.4 Å². The molecule has 0 saturated carbocycles. The van der Waals surface area contributed by atoms with Crippen molar-refractivity contribution < 1.29 is 18.3 Å². The van der Waals surface area contributed by atoms with Crippen molar-refractivity contribution in [2.75, 3.05) is 19.6 Å². The number of hydrogen-bond donors (Lipinski definition) is 2. The van der Waals surface area contributed by atoms with Gasteiger partial charge in [0.1, 0.15) is 11.9 Å². The molecule has 8 nitrogen and oxygen atoms in total. The second-order valence-electron chi connectivity index (χ2n) is 4.99. The Morgan fingerprint density at radius 3 is 2.90 bits per heavy atom. The lowest BCUT2D eigenvalue weighted by Gasteiger charge is -2.31. The molecule has 1 aliphatic heterocycles. The highest BCUT2D eigenvalue weighted by Gasteiger charge is 2.39. The monoisotopic (exact) mass is 316 g/mol. The van der Waals surface area contributed by atoms with Crippen LogP contribution in [0.5, 0.6) is 0 Å². The molecule has 1 aromatic heterocycles. The first-order valence-electron chi connectivity index (χ1n) is 6.87. The third-order valence-corrected chi connectivity index (χ3v) is 5.25. The van der Waals surface area contributed by atoms with Gasteiger partial charge < -0.3 is 15.0 Å². The molecular formula is C12H20N4O4S. The van der Waals surface area contributed by atoms with Crippen molar-refractivity contribution in [3.63, 3.8) is 0 Å². The zero-order valence-electron chi connectivity index (χ0n) is 12.1. The van der Waals surface area contributed by atoms with Crippen LogP contribution < -0.4 is 5.32 Å². The predicted molar refractivity (Wildman–Crippen MR) is 75.4 cm³/mol. The molecule has 0 aliphatic carbocycles. The number of nitrogens with zero attached hydrogens (tertiary/aromatic N) is 3. The first kappa shape index (κ1) is 15.9. The van der Waals surface area contributed by atoms with Gasteiger partial charge in [0.15, 0.2) is 5.03 Å². The van der Waals surface area contributed by atoms with Gasteiger partial charge in [0.05, 0.1) is 0 Å². The summed E-state index contributed by atoms with van der Waals surface area (Å²) >= 11 is 0. The first-order valence-corrected chi connectivity index (χ1v) is 8.31. The fourth-order valence-corrected chi connectivity index (χ4v) is 3.95. The van der Waals surface area contributed by atoms with Gasteiger partial charge in [-0.05, 0) is 13.3 Å². The van der Waals surface area contributed by atoms with Crippen molar-refractivity contribution >= 4 is 16.0 Å². The number of aromatic nitrogens is 2. The molecule has 0 spiro atoms. The Kier molecular flexibility index (Phi) is 4.64. The van der Waals surface area contributed by atoms with Gasteiger partial charge in [-0.2, -0.15) is 4.31 Å². The predicted octanol–water partition coefficient (Wildman–Crippen LogP) is -0.351. The highest BCUT2D eigenvalue weighted by Crippen LogP contribution is 2.19. The molecule has 0 radical (unpaired) electrons. The van der Waals surface area contributed by atoms with Crippen molar-refractivity contribution in [3.8, 4) is 0 Å². The lowest BCUT2D eigenvalue weighted by atomic mass is 10.2. The number of nitrogens with one attached hydrogen (secondary N) is 1. The normalized spacial score (nSPS) is 20.6. The molecule has 0 aromatic carbocycles. The van der Waals surface area contributed by atoms with Crippen LogP contribution in [0.3, 0.4) is 0 Å². The quantitative estimate of drug-likeness (QED) is 0.769. The van der Waals surface area contributed by atoms with E-state index in [0.29, 0.717) is 18.9 Å². The van der Waals surface area contributed by atoms with Crippen molar-refractivity contribution in [2.45, 2.75) is 37.9 Å². The maximum atomic E-state index is 12.6. The topological polar surface area (TPSA) is 105 Å². The minimum Gasteiger partial charge on any atom is -0.480 e. The zero-order valence-corrected chi connectivity index (χ0v) is 12.9. The number of carboxylic acid groups (broad SMARTS) is 1. The Morgan fingerprint density at radius 1 is 1.57 bits per heavy atom. The van der Waals surface area contributed by atoms with E-state index in [4.69, 9.17) is 0 Å². The number of piperazine rings is 1. The Bertz CT molecular complexity index is 625. The zero-order chi connectivity index (χ0) is 15.6. The maximum absolute atomic E-state index is 12.6. The van der Waals surface area contributed by atoms with E-state index in [-0.39, 0.29) is 18.1 Å². The van der Waals surface area contributed by atoms with E-state index in [9.17, 15) is 18.3 Å². The lowest BCUT2D eigenvalue weighted by Crippen LogP contribution is -2.56. The number of carboxylic acids is 1. The summed E-state index contributed by atoms with van der Waals surface area (Å²) in [6.45, 7) is 5.06. The van der Waals surface area contributed by atoms with E-state index < -0.39 is 22.0 Å². The highest BCUT2D eigenvalue weighted by molar-refractivity contribution is 7.89. The van der Waals surface area contributed by atoms with E-state index in [0.717, 1.165) is 10.7 Å². The third-order valence-electron chi connectivity index (χ3n) is 3.47. The van der Waals surface area contributed by atoms with Gasteiger partial charge in [0.25, 0.3) is 10.0 Å². The minimum absolute atomic E-state index is 0.0819. The van der Waals surface area contributed by atoms with Crippen LogP contribution in [-0.4, -0.2) is 59.0 Å². The Labute approximate surface area is 123 Å². The Hall–Kier alpha value is -1.45. The average molecular weight is 316 g/mol. The molecule has 0 amide bonds. The van der Waals surface area contributed by atoms with Crippen LogP contribution in [0.2, 0.25) is 0 Å². The Balaban J connectivity index is 2.36. The molecule has 1 unspecified atom stereocenters. The summed E-state index contributed by atoms with van der Waals surface area (Å²) in [5.41, 5.74) is 0. The summed E-state index contributed by atoms with van der Waals surface area (Å²) in [5, 5.41) is 12.0. The second kappa shape index (κ2) is 6.12. The fraction of sp³-hybridized carbons (Fsp3) is 0.667. The molecule has 9 heteroatoms. The number of sulfonamides is 1. The number of aliphatic carboxylic acids is 1. The largest absolute Gasteiger partial charge is 0.480 e. The lowest BCUT2D eigenvalue weighted by molar-refractivity contribution is -0.141. The highest BCUT2D eigenvalue weighted by atomic mass is 32.2. The summed E-state index contributed by atoms with van der Waals surface area (Å²) < 4.78 is 28.0. The summed E-state index contributed by atoms with van der Waals surface area (Å²) in [7, 11) is -3.90. The van der Waals surface area contributed by atoms with Gasteiger partial charge in [0.2, 0.25) is 0 Å². The standard InChI is InChI=1S/C12H20N4O4S/c1-3-5-15-8-11(14-9(15)2)21(19,20)16-6-4-13-7-10(16)12(17)18/h8,10,13H,3-7H2,1-2H3,(H,17,18). The molecule has 0 bridgehead atoms. The van der Waals surface area contributed by atoms with Crippen molar-refractivity contribution in [1.29, 1.82) is 0 Å². The maximum Gasteiger partial charge on any atom is 0.323 e. The second-order valence-corrected chi connectivity index (χ2v) is 6.83. The summed E-state index contributed by atoms with van der Waals surface area (Å²) in [6.07, 6.45) is 2.34. The first-order chi connectivity index (χ1) is 9.87. The van der Waals surface area contributed by atoms with Crippen LogP contribution in [0.25, 0.3) is 0 Å². The van der Waals surface area contributed by atoms with Gasteiger partial charge in [-0.3, -0.25) is 4.79 Å². The molecule has 21 heavy (non-hydrogen) atoms. The fourth-order valence-electron chi connectivity index (χ4n) is 2.37. The van der Waals surface area contributed by atoms with Gasteiger partial charge in [-0.25, -0.2) is 13.4 Å². The molecule has 1 aliphatic rings. The molecule has 1 fully saturated rings. The number of hydrogen-bond acceptors (Lipinski definition) is 5. The van der Waals surface area contributed by atoms with Gasteiger partial charge in [0, 0.05) is 32.4 Å².